The molecule has 2 aromatic carbocycles. The van der Waals surface area contributed by atoms with Crippen LogP contribution in [0.3, 0.4) is 0 Å². The Hall–Kier alpha value is -1.99. The molecule has 174 valence electrons. The molecule has 32 heavy (non-hydrogen) atoms. The first kappa shape index (κ1) is 26.3. The first-order chi connectivity index (χ1) is 15.4. The largest absolute Gasteiger partial charge is 0.497 e. The van der Waals surface area contributed by atoms with Gasteiger partial charge in [-0.3, -0.25) is 9.59 Å². The van der Waals surface area contributed by atoms with Crippen molar-refractivity contribution >= 4 is 39.5 Å². The van der Waals surface area contributed by atoms with Crippen molar-refractivity contribution in [2.75, 3.05) is 12.9 Å². The second kappa shape index (κ2) is 13.5. The van der Waals surface area contributed by atoms with Gasteiger partial charge in [-0.25, -0.2) is 0 Å². The topological polar surface area (TPSA) is 58.6 Å². The molecule has 0 saturated carbocycles. The lowest BCUT2D eigenvalue weighted by Crippen LogP contribution is -2.51. The van der Waals surface area contributed by atoms with Gasteiger partial charge in [-0.1, -0.05) is 54.0 Å². The first-order valence-electron chi connectivity index (χ1n) is 10.9. The highest BCUT2D eigenvalue weighted by Gasteiger charge is 2.29. The Morgan fingerprint density at radius 2 is 1.66 bits per heavy atom. The summed E-state index contributed by atoms with van der Waals surface area (Å²) < 4.78 is 6.27. The van der Waals surface area contributed by atoms with Crippen LogP contribution < -0.4 is 10.1 Å². The predicted octanol–water partition coefficient (Wildman–Crippen LogP) is 5.41. The summed E-state index contributed by atoms with van der Waals surface area (Å²) in [5, 5.41) is 3.04. The highest BCUT2D eigenvalue weighted by Crippen LogP contribution is 2.20. The van der Waals surface area contributed by atoms with Crippen LogP contribution >= 0.6 is 27.7 Å². The summed E-state index contributed by atoms with van der Waals surface area (Å²) in [6, 6.07) is 15.3. The average molecular weight is 522 g/mol. The Morgan fingerprint density at radius 3 is 2.22 bits per heavy atom. The molecule has 0 spiro atoms. The van der Waals surface area contributed by atoms with Crippen molar-refractivity contribution in [3.05, 3.63) is 64.1 Å². The third-order valence-corrected chi connectivity index (χ3v) is 6.82. The van der Waals surface area contributed by atoms with E-state index in [1.165, 1.54) is 0 Å². The molecular weight excluding hydrogens is 488 g/mol. The fourth-order valence-corrected chi connectivity index (χ4v) is 4.34. The molecule has 0 aromatic heterocycles. The van der Waals surface area contributed by atoms with Crippen molar-refractivity contribution in [2.45, 2.75) is 58.0 Å². The van der Waals surface area contributed by atoms with E-state index in [0.29, 0.717) is 18.7 Å². The Morgan fingerprint density at radius 1 is 1.03 bits per heavy atom. The lowest BCUT2D eigenvalue weighted by atomic mass is 10.1. The van der Waals surface area contributed by atoms with Crippen LogP contribution in [0.25, 0.3) is 0 Å². The van der Waals surface area contributed by atoms with Gasteiger partial charge >= 0.3 is 0 Å². The van der Waals surface area contributed by atoms with E-state index in [1.54, 1.807) is 23.8 Å². The number of thioether (sulfide) groups is 1. The van der Waals surface area contributed by atoms with E-state index in [2.05, 4.69) is 21.2 Å². The molecular formula is C25H33BrN2O3S. The molecule has 0 fully saturated rings. The van der Waals surface area contributed by atoms with E-state index in [4.69, 9.17) is 4.74 Å². The summed E-state index contributed by atoms with van der Waals surface area (Å²) in [4.78, 5) is 28.0. The van der Waals surface area contributed by atoms with E-state index in [-0.39, 0.29) is 17.9 Å². The van der Waals surface area contributed by atoms with Gasteiger partial charge in [-0.2, -0.15) is 0 Å². The molecule has 1 N–H and O–H groups in total. The number of rotatable bonds is 12. The fraction of sp³-hybridized carbons (Fsp3) is 0.440. The van der Waals surface area contributed by atoms with Crippen molar-refractivity contribution in [1.82, 2.24) is 10.2 Å². The van der Waals surface area contributed by atoms with Gasteiger partial charge in [-0.05, 0) is 55.2 Å². The number of methoxy groups -OCH3 is 1. The lowest BCUT2D eigenvalue weighted by molar-refractivity contribution is -0.139. The minimum Gasteiger partial charge on any atom is -0.497 e. The predicted molar refractivity (Wildman–Crippen MR) is 136 cm³/mol. The van der Waals surface area contributed by atoms with E-state index < -0.39 is 6.04 Å². The number of amides is 2. The van der Waals surface area contributed by atoms with Crippen LogP contribution in [0.2, 0.25) is 0 Å². The van der Waals surface area contributed by atoms with E-state index >= 15 is 0 Å². The molecule has 0 aliphatic rings. The number of benzene rings is 2. The van der Waals surface area contributed by atoms with Gasteiger partial charge in [0, 0.05) is 22.8 Å². The Kier molecular flexibility index (Phi) is 11.1. The zero-order valence-corrected chi connectivity index (χ0v) is 21.7. The standard InChI is InChI=1S/C25H33BrN2O3S/c1-5-18(3)27-25(30)23(6-2)28(15-19-9-13-22(31-4)14-10-19)24(29)17-32-16-20-7-11-21(26)12-8-20/h7-14,18,23H,5-6,15-17H2,1-4H3,(H,27,30). The fourth-order valence-electron chi connectivity index (χ4n) is 3.21. The number of nitrogens with one attached hydrogen (secondary N) is 1. The summed E-state index contributed by atoms with van der Waals surface area (Å²) in [6.45, 7) is 6.34. The maximum absolute atomic E-state index is 13.3. The summed E-state index contributed by atoms with van der Waals surface area (Å²) >= 11 is 5.01. The van der Waals surface area contributed by atoms with Crippen LogP contribution in [-0.4, -0.2) is 41.7 Å². The van der Waals surface area contributed by atoms with Crippen LogP contribution in [0.1, 0.15) is 44.7 Å². The third kappa shape index (κ3) is 8.17. The number of carbonyl (C=O) groups excluding carboxylic acids is 2. The van der Waals surface area contributed by atoms with Crippen LogP contribution in [0.15, 0.2) is 53.0 Å². The molecule has 0 aliphatic carbocycles. The minimum absolute atomic E-state index is 0.0333. The minimum atomic E-state index is -0.508. The maximum atomic E-state index is 13.3. The molecule has 0 aliphatic heterocycles. The summed E-state index contributed by atoms with van der Waals surface area (Å²) in [6.07, 6.45) is 1.40. The van der Waals surface area contributed by atoms with E-state index in [0.717, 1.165) is 33.5 Å². The number of halogens is 1. The second-order valence-corrected chi connectivity index (χ2v) is 9.63. The van der Waals surface area contributed by atoms with Gasteiger partial charge in [0.25, 0.3) is 0 Å². The molecule has 7 heteroatoms. The SMILES string of the molecule is CCC(C)NC(=O)C(CC)N(Cc1ccc(OC)cc1)C(=O)CSCc1ccc(Br)cc1. The summed E-state index contributed by atoms with van der Waals surface area (Å²) in [5.74, 6) is 1.69. The van der Waals surface area contributed by atoms with Crippen LogP contribution in [-0.2, 0) is 21.9 Å². The van der Waals surface area contributed by atoms with Crippen molar-refractivity contribution in [1.29, 1.82) is 0 Å². The number of ether oxygens (including phenoxy) is 1. The highest BCUT2D eigenvalue weighted by atomic mass is 79.9. The van der Waals surface area contributed by atoms with Crippen molar-refractivity contribution in [3.8, 4) is 5.75 Å². The quantitative estimate of drug-likeness (QED) is 0.406. The molecule has 0 radical (unpaired) electrons. The normalized spacial score (nSPS) is 12.7. The van der Waals surface area contributed by atoms with Crippen molar-refractivity contribution < 1.29 is 14.3 Å². The van der Waals surface area contributed by atoms with E-state index in [9.17, 15) is 9.59 Å². The molecule has 2 aromatic rings. The molecule has 2 amide bonds. The molecule has 2 rings (SSSR count). The zero-order valence-electron chi connectivity index (χ0n) is 19.3. The van der Waals surface area contributed by atoms with Crippen LogP contribution in [0, 0.1) is 0 Å². The smallest absolute Gasteiger partial charge is 0.243 e. The monoisotopic (exact) mass is 520 g/mol. The average Bonchev–Trinajstić information content (AvgIpc) is 2.80. The summed E-state index contributed by atoms with van der Waals surface area (Å²) in [7, 11) is 1.62. The Bertz CT molecular complexity index is 858. The molecule has 0 bridgehead atoms. The number of hydrogen-bond acceptors (Lipinski definition) is 4. The van der Waals surface area contributed by atoms with Crippen molar-refractivity contribution in [2.24, 2.45) is 0 Å². The van der Waals surface area contributed by atoms with Gasteiger partial charge in [0.05, 0.1) is 12.9 Å². The van der Waals surface area contributed by atoms with Crippen LogP contribution in [0.5, 0.6) is 5.75 Å². The Labute approximate surface area is 204 Å². The zero-order chi connectivity index (χ0) is 23.5. The second-order valence-electron chi connectivity index (χ2n) is 7.73. The van der Waals surface area contributed by atoms with Crippen LogP contribution in [0.4, 0.5) is 0 Å². The van der Waals surface area contributed by atoms with Gasteiger partial charge in [0.1, 0.15) is 11.8 Å². The summed E-state index contributed by atoms with van der Waals surface area (Å²) in [5.41, 5.74) is 2.13. The van der Waals surface area contributed by atoms with Gasteiger partial charge in [0.15, 0.2) is 0 Å². The Balaban J connectivity index is 2.13. The number of carbonyl (C=O) groups is 2. The van der Waals surface area contributed by atoms with E-state index in [1.807, 2.05) is 69.3 Å². The molecule has 0 heterocycles. The third-order valence-electron chi connectivity index (χ3n) is 5.31. The molecule has 2 unspecified atom stereocenters. The first-order valence-corrected chi connectivity index (χ1v) is 12.9. The number of hydrogen-bond donors (Lipinski definition) is 1. The number of nitrogens with zero attached hydrogens (tertiary/aromatic N) is 1. The molecule has 2 atom stereocenters. The highest BCUT2D eigenvalue weighted by molar-refractivity contribution is 9.10. The molecule has 0 saturated heterocycles. The molecule has 5 nitrogen and oxygen atoms in total. The maximum Gasteiger partial charge on any atom is 0.243 e. The van der Waals surface area contributed by atoms with Gasteiger partial charge in [-0.15, -0.1) is 11.8 Å². The van der Waals surface area contributed by atoms with Gasteiger partial charge in [0.2, 0.25) is 11.8 Å². The lowest BCUT2D eigenvalue weighted by Gasteiger charge is -2.31. The van der Waals surface area contributed by atoms with Crippen molar-refractivity contribution in [3.63, 3.8) is 0 Å². The van der Waals surface area contributed by atoms with Gasteiger partial charge < -0.3 is 15.0 Å².